The van der Waals surface area contributed by atoms with Gasteiger partial charge in [0.05, 0.1) is 22.8 Å². The fourth-order valence-corrected chi connectivity index (χ4v) is 3.89. The van der Waals surface area contributed by atoms with Gasteiger partial charge in [0.1, 0.15) is 5.52 Å². The molecule has 0 saturated heterocycles. The van der Waals surface area contributed by atoms with Crippen LogP contribution in [0.4, 0.5) is 0 Å². The molecule has 6 rings (SSSR count). The molecule has 6 aromatic rings. The molecule has 0 saturated carbocycles. The quantitative estimate of drug-likeness (QED) is 0.318. The minimum Gasteiger partial charge on any atom is -0.436 e. The van der Waals surface area contributed by atoms with Crippen LogP contribution in [0.15, 0.2) is 101 Å². The molecule has 0 aliphatic carbocycles. The Morgan fingerprint density at radius 2 is 1.27 bits per heavy atom. The Kier molecular flexibility index (Phi) is 4.41. The fourth-order valence-electron chi connectivity index (χ4n) is 3.89. The van der Waals surface area contributed by atoms with Crippen molar-refractivity contribution in [2.45, 2.75) is 0 Å². The molecule has 0 radical (unpaired) electrons. The van der Waals surface area contributed by atoms with Crippen LogP contribution < -0.4 is 0 Å². The highest BCUT2D eigenvalue weighted by molar-refractivity contribution is 5.93. The number of fused-ring (bicyclic) bond motifs is 2. The SMILES string of the molecule is N#Cc1ccc(-c2nc(-c3ccc(-c4nc5ccccc5o4)cc3)c3ccccc3n2)cc1. The Balaban J connectivity index is 1.45. The molecule has 0 fully saturated rings. The standard InChI is InChI=1S/C28H16N4O/c29-17-18-9-11-20(12-10-18)27-30-23-6-2-1-5-22(23)26(32-27)19-13-15-21(16-14-19)28-31-24-7-3-4-8-25(24)33-28/h1-16H. The van der Waals surface area contributed by atoms with Gasteiger partial charge in [0, 0.05) is 22.1 Å². The summed E-state index contributed by atoms with van der Waals surface area (Å²) in [5.41, 5.74) is 6.67. The molecular formula is C28H16N4O. The van der Waals surface area contributed by atoms with E-state index in [0.717, 1.165) is 44.4 Å². The maximum atomic E-state index is 9.09. The van der Waals surface area contributed by atoms with Crippen molar-refractivity contribution in [2.75, 3.05) is 0 Å². The predicted octanol–water partition coefficient (Wildman–Crippen LogP) is 6.64. The van der Waals surface area contributed by atoms with E-state index in [0.29, 0.717) is 17.3 Å². The van der Waals surface area contributed by atoms with Gasteiger partial charge in [0.2, 0.25) is 5.89 Å². The second kappa shape index (κ2) is 7.70. The summed E-state index contributed by atoms with van der Waals surface area (Å²) in [5.74, 6) is 1.21. The van der Waals surface area contributed by atoms with Crippen molar-refractivity contribution >= 4 is 22.0 Å². The lowest BCUT2D eigenvalue weighted by Gasteiger charge is -2.10. The zero-order chi connectivity index (χ0) is 22.2. The maximum absolute atomic E-state index is 9.09. The lowest BCUT2D eigenvalue weighted by molar-refractivity contribution is 0.620. The van der Waals surface area contributed by atoms with E-state index in [2.05, 4.69) is 11.1 Å². The normalized spacial score (nSPS) is 11.0. The molecular weight excluding hydrogens is 408 g/mol. The predicted molar refractivity (Wildman–Crippen MR) is 128 cm³/mol. The van der Waals surface area contributed by atoms with Crippen molar-refractivity contribution in [2.24, 2.45) is 0 Å². The lowest BCUT2D eigenvalue weighted by atomic mass is 10.0. The van der Waals surface area contributed by atoms with Crippen LogP contribution in [0.2, 0.25) is 0 Å². The number of oxazole rings is 1. The second-order valence-corrected chi connectivity index (χ2v) is 7.67. The van der Waals surface area contributed by atoms with Gasteiger partial charge in [0.15, 0.2) is 11.4 Å². The van der Waals surface area contributed by atoms with E-state index < -0.39 is 0 Å². The zero-order valence-corrected chi connectivity index (χ0v) is 17.4. The summed E-state index contributed by atoms with van der Waals surface area (Å²) < 4.78 is 5.91. The summed E-state index contributed by atoms with van der Waals surface area (Å²) in [4.78, 5) is 14.2. The highest BCUT2D eigenvalue weighted by Crippen LogP contribution is 2.31. The van der Waals surface area contributed by atoms with Crippen LogP contribution in [0.5, 0.6) is 0 Å². The van der Waals surface area contributed by atoms with Gasteiger partial charge in [-0.15, -0.1) is 0 Å². The van der Waals surface area contributed by atoms with Gasteiger partial charge >= 0.3 is 0 Å². The number of nitriles is 1. The summed E-state index contributed by atoms with van der Waals surface area (Å²) in [5, 5.41) is 10.1. The average Bonchev–Trinajstić information content (AvgIpc) is 3.33. The van der Waals surface area contributed by atoms with E-state index in [4.69, 9.17) is 19.6 Å². The molecule has 0 N–H and O–H groups in total. The van der Waals surface area contributed by atoms with Crippen molar-refractivity contribution in [1.29, 1.82) is 5.26 Å². The fraction of sp³-hybridized carbons (Fsp3) is 0. The molecule has 4 aromatic carbocycles. The van der Waals surface area contributed by atoms with Crippen molar-refractivity contribution in [1.82, 2.24) is 15.0 Å². The number of benzene rings is 4. The van der Waals surface area contributed by atoms with E-state index in [1.165, 1.54) is 0 Å². The van der Waals surface area contributed by atoms with Crippen LogP contribution in [0.25, 0.3) is 56.1 Å². The number of para-hydroxylation sites is 3. The first-order chi connectivity index (χ1) is 16.3. The largest absolute Gasteiger partial charge is 0.436 e. The summed E-state index contributed by atoms with van der Waals surface area (Å²) in [6, 6.07) is 33.2. The molecule has 0 spiro atoms. The number of aromatic nitrogens is 3. The van der Waals surface area contributed by atoms with Gasteiger partial charge < -0.3 is 4.42 Å². The minimum atomic E-state index is 0.591. The van der Waals surface area contributed by atoms with Gasteiger partial charge in [-0.2, -0.15) is 5.26 Å². The molecule has 0 amide bonds. The lowest BCUT2D eigenvalue weighted by Crippen LogP contribution is -1.95. The molecule has 2 aromatic heterocycles. The third kappa shape index (κ3) is 3.40. The second-order valence-electron chi connectivity index (χ2n) is 7.67. The number of nitrogens with zero attached hydrogens (tertiary/aromatic N) is 4. The monoisotopic (exact) mass is 424 g/mol. The number of rotatable bonds is 3. The van der Waals surface area contributed by atoms with Gasteiger partial charge in [-0.25, -0.2) is 15.0 Å². The number of hydrogen-bond donors (Lipinski definition) is 0. The zero-order valence-electron chi connectivity index (χ0n) is 17.4. The van der Waals surface area contributed by atoms with E-state index in [1.54, 1.807) is 12.1 Å². The molecule has 0 atom stereocenters. The van der Waals surface area contributed by atoms with Crippen LogP contribution in [0, 0.1) is 11.3 Å². The minimum absolute atomic E-state index is 0.591. The maximum Gasteiger partial charge on any atom is 0.227 e. The Morgan fingerprint density at radius 1 is 0.606 bits per heavy atom. The van der Waals surface area contributed by atoms with Gasteiger partial charge in [0.25, 0.3) is 0 Å². The third-order valence-electron chi connectivity index (χ3n) is 5.57. The van der Waals surface area contributed by atoms with E-state index in [9.17, 15) is 0 Å². The Hall–Kier alpha value is -4.82. The molecule has 0 aliphatic rings. The summed E-state index contributed by atoms with van der Waals surface area (Å²) in [6.45, 7) is 0. The highest BCUT2D eigenvalue weighted by Gasteiger charge is 2.13. The summed E-state index contributed by atoms with van der Waals surface area (Å²) in [6.07, 6.45) is 0. The Labute approximate surface area is 189 Å². The first kappa shape index (κ1) is 18.9. The van der Waals surface area contributed by atoms with Crippen molar-refractivity contribution in [3.05, 3.63) is 103 Å². The molecule has 0 unspecified atom stereocenters. The topological polar surface area (TPSA) is 75.6 Å². The van der Waals surface area contributed by atoms with Crippen LogP contribution in [-0.4, -0.2) is 15.0 Å². The molecule has 2 heterocycles. The molecule has 33 heavy (non-hydrogen) atoms. The van der Waals surface area contributed by atoms with Crippen LogP contribution in [0.3, 0.4) is 0 Å². The van der Waals surface area contributed by atoms with Crippen molar-refractivity contribution < 1.29 is 4.42 Å². The molecule has 5 nitrogen and oxygen atoms in total. The van der Waals surface area contributed by atoms with E-state index in [1.807, 2.05) is 84.9 Å². The molecule has 5 heteroatoms. The first-order valence-corrected chi connectivity index (χ1v) is 10.5. The van der Waals surface area contributed by atoms with Crippen LogP contribution in [0.1, 0.15) is 5.56 Å². The summed E-state index contributed by atoms with van der Waals surface area (Å²) >= 11 is 0. The highest BCUT2D eigenvalue weighted by atomic mass is 16.3. The molecule has 154 valence electrons. The van der Waals surface area contributed by atoms with E-state index in [-0.39, 0.29) is 0 Å². The van der Waals surface area contributed by atoms with E-state index >= 15 is 0 Å². The van der Waals surface area contributed by atoms with Crippen LogP contribution in [-0.2, 0) is 0 Å². The Morgan fingerprint density at radius 3 is 2.03 bits per heavy atom. The third-order valence-corrected chi connectivity index (χ3v) is 5.57. The van der Waals surface area contributed by atoms with Crippen molar-refractivity contribution in [3.8, 4) is 40.2 Å². The average molecular weight is 424 g/mol. The smallest absolute Gasteiger partial charge is 0.227 e. The van der Waals surface area contributed by atoms with Gasteiger partial charge in [-0.1, -0.05) is 42.5 Å². The van der Waals surface area contributed by atoms with Gasteiger partial charge in [-0.05, 0) is 54.6 Å². The first-order valence-electron chi connectivity index (χ1n) is 10.5. The summed E-state index contributed by atoms with van der Waals surface area (Å²) in [7, 11) is 0. The Bertz CT molecular complexity index is 1630. The van der Waals surface area contributed by atoms with Crippen LogP contribution >= 0.6 is 0 Å². The molecule has 0 aliphatic heterocycles. The van der Waals surface area contributed by atoms with Gasteiger partial charge in [-0.3, -0.25) is 0 Å². The molecule has 0 bridgehead atoms. The number of hydrogen-bond acceptors (Lipinski definition) is 5. The van der Waals surface area contributed by atoms with Crippen molar-refractivity contribution in [3.63, 3.8) is 0 Å².